The number of halogens is 1. The Bertz CT molecular complexity index is 505. The molecular formula is C11H17BrN2O3S. The fraction of sp³-hybridized carbons (Fsp3) is 0.455. The van der Waals surface area contributed by atoms with Crippen molar-refractivity contribution in [2.24, 2.45) is 5.84 Å². The molecule has 0 heterocycles. The van der Waals surface area contributed by atoms with E-state index >= 15 is 0 Å². The summed E-state index contributed by atoms with van der Waals surface area (Å²) in [6.45, 7) is 0. The first-order valence-electron chi connectivity index (χ1n) is 5.34. The number of sulfone groups is 1. The van der Waals surface area contributed by atoms with Crippen LogP contribution in [0.25, 0.3) is 0 Å². The van der Waals surface area contributed by atoms with Gasteiger partial charge in [0.05, 0.1) is 18.9 Å². The van der Waals surface area contributed by atoms with E-state index in [4.69, 9.17) is 10.6 Å². The minimum Gasteiger partial charge on any atom is -0.496 e. The van der Waals surface area contributed by atoms with Gasteiger partial charge in [-0.3, -0.25) is 11.3 Å². The summed E-state index contributed by atoms with van der Waals surface area (Å²) in [5, 5.41) is 0. The van der Waals surface area contributed by atoms with E-state index in [9.17, 15) is 8.42 Å². The molecule has 102 valence electrons. The third kappa shape index (κ3) is 4.56. The summed E-state index contributed by atoms with van der Waals surface area (Å²) >= 11 is 3.35. The van der Waals surface area contributed by atoms with Gasteiger partial charge in [0.2, 0.25) is 0 Å². The molecule has 3 N–H and O–H groups in total. The van der Waals surface area contributed by atoms with Gasteiger partial charge in [-0.2, -0.15) is 0 Å². The Hall–Kier alpha value is -0.630. The first kappa shape index (κ1) is 15.4. The van der Waals surface area contributed by atoms with E-state index in [1.807, 2.05) is 18.2 Å². The number of nitrogens with one attached hydrogen (secondary N) is 1. The van der Waals surface area contributed by atoms with Crippen LogP contribution in [0.1, 0.15) is 18.0 Å². The minimum atomic E-state index is -3.01. The first-order valence-corrected chi connectivity index (χ1v) is 8.20. The molecule has 0 aliphatic heterocycles. The third-order valence-corrected chi connectivity index (χ3v) is 4.02. The smallest absolute Gasteiger partial charge is 0.147 e. The van der Waals surface area contributed by atoms with Gasteiger partial charge in [-0.15, -0.1) is 0 Å². The van der Waals surface area contributed by atoms with E-state index in [0.717, 1.165) is 10.0 Å². The predicted octanol–water partition coefficient (Wildman–Crippen LogP) is 1.40. The molecule has 0 saturated carbocycles. The topological polar surface area (TPSA) is 81.4 Å². The first-order chi connectivity index (χ1) is 8.37. The van der Waals surface area contributed by atoms with E-state index in [2.05, 4.69) is 21.4 Å². The highest BCUT2D eigenvalue weighted by Crippen LogP contribution is 2.30. The monoisotopic (exact) mass is 336 g/mol. The van der Waals surface area contributed by atoms with Gasteiger partial charge in [-0.05, 0) is 18.6 Å². The van der Waals surface area contributed by atoms with E-state index < -0.39 is 9.84 Å². The van der Waals surface area contributed by atoms with Crippen LogP contribution in [0.4, 0.5) is 0 Å². The van der Waals surface area contributed by atoms with Crippen LogP contribution < -0.4 is 16.0 Å². The van der Waals surface area contributed by atoms with Crippen molar-refractivity contribution in [3.8, 4) is 5.75 Å². The average molecular weight is 337 g/mol. The number of hydrogen-bond donors (Lipinski definition) is 2. The van der Waals surface area contributed by atoms with Crippen molar-refractivity contribution in [3.63, 3.8) is 0 Å². The van der Waals surface area contributed by atoms with Gasteiger partial charge in [-0.25, -0.2) is 8.42 Å². The van der Waals surface area contributed by atoms with Crippen LogP contribution in [0, 0.1) is 0 Å². The fourth-order valence-electron chi connectivity index (χ4n) is 1.63. The van der Waals surface area contributed by atoms with Gasteiger partial charge >= 0.3 is 0 Å². The Kier molecular flexibility index (Phi) is 5.58. The standard InChI is InChI=1S/C11H17BrN2O3S/c1-17-11-7-8(12)3-4-9(11)10(14-13)5-6-18(2,15)16/h3-4,7,10,14H,5-6,13H2,1-2H3. The molecule has 18 heavy (non-hydrogen) atoms. The number of rotatable bonds is 6. The number of nitrogens with two attached hydrogens (primary N) is 1. The lowest BCUT2D eigenvalue weighted by atomic mass is 10.0. The predicted molar refractivity (Wildman–Crippen MR) is 75.1 cm³/mol. The van der Waals surface area contributed by atoms with E-state index in [0.29, 0.717) is 12.2 Å². The molecule has 0 aromatic heterocycles. The maximum atomic E-state index is 11.2. The molecule has 0 fully saturated rings. The van der Waals surface area contributed by atoms with Crippen LogP contribution in [0.2, 0.25) is 0 Å². The lowest BCUT2D eigenvalue weighted by molar-refractivity contribution is 0.397. The molecule has 0 aliphatic rings. The Labute approximate surface area is 116 Å². The van der Waals surface area contributed by atoms with Crippen molar-refractivity contribution >= 4 is 25.8 Å². The molecule has 0 aliphatic carbocycles. The number of hydrazine groups is 1. The van der Waals surface area contributed by atoms with Gasteiger partial charge in [0.25, 0.3) is 0 Å². The maximum Gasteiger partial charge on any atom is 0.147 e. The van der Waals surface area contributed by atoms with Crippen LogP contribution in [-0.2, 0) is 9.84 Å². The van der Waals surface area contributed by atoms with Gasteiger partial charge < -0.3 is 4.74 Å². The number of ether oxygens (including phenoxy) is 1. The van der Waals surface area contributed by atoms with E-state index in [1.54, 1.807) is 7.11 Å². The molecule has 1 aromatic rings. The summed E-state index contributed by atoms with van der Waals surface area (Å²) in [5.74, 6) is 6.22. The summed E-state index contributed by atoms with van der Waals surface area (Å²) in [7, 11) is -1.45. The normalized spacial score (nSPS) is 13.3. The molecule has 0 saturated heterocycles. The molecule has 0 amide bonds. The lowest BCUT2D eigenvalue weighted by Gasteiger charge is -2.18. The van der Waals surface area contributed by atoms with Gasteiger partial charge in [0, 0.05) is 16.3 Å². The highest BCUT2D eigenvalue weighted by molar-refractivity contribution is 9.10. The average Bonchev–Trinajstić information content (AvgIpc) is 2.29. The van der Waals surface area contributed by atoms with Crippen LogP contribution in [0.3, 0.4) is 0 Å². The number of benzene rings is 1. The molecule has 1 aromatic carbocycles. The second kappa shape index (κ2) is 6.51. The Morgan fingerprint density at radius 3 is 2.67 bits per heavy atom. The van der Waals surface area contributed by atoms with Crippen molar-refractivity contribution in [3.05, 3.63) is 28.2 Å². The van der Waals surface area contributed by atoms with Crippen LogP contribution in [0.15, 0.2) is 22.7 Å². The van der Waals surface area contributed by atoms with E-state index in [-0.39, 0.29) is 11.8 Å². The third-order valence-electron chi connectivity index (χ3n) is 2.55. The Morgan fingerprint density at radius 2 is 2.17 bits per heavy atom. The van der Waals surface area contributed by atoms with Crippen LogP contribution in [0.5, 0.6) is 5.75 Å². The minimum absolute atomic E-state index is 0.0705. The summed E-state index contributed by atoms with van der Waals surface area (Å²) in [6, 6.07) is 5.28. The highest BCUT2D eigenvalue weighted by Gasteiger charge is 2.17. The molecule has 0 bridgehead atoms. The zero-order chi connectivity index (χ0) is 13.8. The molecule has 7 heteroatoms. The van der Waals surface area contributed by atoms with Crippen molar-refractivity contribution in [2.45, 2.75) is 12.5 Å². The molecule has 0 spiro atoms. The van der Waals surface area contributed by atoms with Crippen molar-refractivity contribution < 1.29 is 13.2 Å². The molecule has 1 unspecified atom stereocenters. The van der Waals surface area contributed by atoms with Crippen molar-refractivity contribution in [2.75, 3.05) is 19.1 Å². The van der Waals surface area contributed by atoms with Crippen LogP contribution >= 0.6 is 15.9 Å². The highest BCUT2D eigenvalue weighted by atomic mass is 79.9. The number of methoxy groups -OCH3 is 1. The summed E-state index contributed by atoms with van der Waals surface area (Å²) in [4.78, 5) is 0. The van der Waals surface area contributed by atoms with E-state index in [1.165, 1.54) is 6.26 Å². The SMILES string of the molecule is COc1cc(Br)ccc1C(CCS(C)(=O)=O)NN. The summed E-state index contributed by atoms with van der Waals surface area (Å²) in [5.41, 5.74) is 3.47. The summed E-state index contributed by atoms with van der Waals surface area (Å²) < 4.78 is 28.5. The van der Waals surface area contributed by atoms with Gasteiger partial charge in [0.1, 0.15) is 15.6 Å². The number of hydrogen-bond acceptors (Lipinski definition) is 5. The van der Waals surface area contributed by atoms with Crippen molar-refractivity contribution in [1.82, 2.24) is 5.43 Å². The lowest BCUT2D eigenvalue weighted by Crippen LogP contribution is -2.29. The largest absolute Gasteiger partial charge is 0.496 e. The quantitative estimate of drug-likeness (QED) is 0.606. The molecule has 5 nitrogen and oxygen atoms in total. The zero-order valence-corrected chi connectivity index (χ0v) is 12.7. The Balaban J connectivity index is 2.94. The zero-order valence-electron chi connectivity index (χ0n) is 10.3. The maximum absolute atomic E-state index is 11.2. The molecule has 0 radical (unpaired) electrons. The van der Waals surface area contributed by atoms with Crippen LogP contribution in [-0.4, -0.2) is 27.5 Å². The molecular weight excluding hydrogens is 320 g/mol. The van der Waals surface area contributed by atoms with Gasteiger partial charge in [-0.1, -0.05) is 22.0 Å². The molecule has 1 rings (SSSR count). The van der Waals surface area contributed by atoms with Gasteiger partial charge in [0.15, 0.2) is 0 Å². The second-order valence-electron chi connectivity index (χ2n) is 4.02. The fourth-order valence-corrected chi connectivity index (χ4v) is 2.64. The van der Waals surface area contributed by atoms with Crippen molar-refractivity contribution in [1.29, 1.82) is 0 Å². The second-order valence-corrected chi connectivity index (χ2v) is 7.20. The summed E-state index contributed by atoms with van der Waals surface area (Å²) in [6.07, 6.45) is 1.60. The Morgan fingerprint density at radius 1 is 1.50 bits per heavy atom. The molecule has 1 atom stereocenters.